The number of carbonyl (C=O) groups excluding carboxylic acids is 2. The van der Waals surface area contributed by atoms with Crippen molar-refractivity contribution in [3.05, 3.63) is 46.5 Å². The third-order valence-electron chi connectivity index (χ3n) is 4.51. The van der Waals surface area contributed by atoms with Gasteiger partial charge >= 0.3 is 12.1 Å². The molecular formula is C18H17ClF3N5O4. The Labute approximate surface area is 179 Å². The normalized spacial score (nSPS) is 20.5. The van der Waals surface area contributed by atoms with Gasteiger partial charge < -0.3 is 15.2 Å². The molecule has 0 saturated heterocycles. The van der Waals surface area contributed by atoms with E-state index in [0.29, 0.717) is 0 Å². The predicted octanol–water partition coefficient (Wildman–Crippen LogP) is 2.84. The molecule has 31 heavy (non-hydrogen) atoms. The molecule has 0 saturated carbocycles. The lowest BCUT2D eigenvalue weighted by Crippen LogP contribution is -2.45. The molecule has 166 valence electrons. The summed E-state index contributed by atoms with van der Waals surface area (Å²) in [6.45, 7) is -0.372. The van der Waals surface area contributed by atoms with E-state index in [9.17, 15) is 22.8 Å². The highest BCUT2D eigenvalue weighted by Gasteiger charge is 2.54. The van der Waals surface area contributed by atoms with Gasteiger partial charge in [-0.25, -0.2) is 22.8 Å². The van der Waals surface area contributed by atoms with Crippen molar-refractivity contribution in [1.82, 2.24) is 9.78 Å². The van der Waals surface area contributed by atoms with E-state index in [0.717, 1.165) is 25.1 Å². The summed E-state index contributed by atoms with van der Waals surface area (Å²) in [5.41, 5.74) is 2.22. The van der Waals surface area contributed by atoms with Crippen LogP contribution in [0.25, 0.3) is 0 Å². The average molecular weight is 460 g/mol. The van der Waals surface area contributed by atoms with Gasteiger partial charge in [0, 0.05) is 24.5 Å². The highest BCUT2D eigenvalue weighted by molar-refractivity contribution is 6.33. The maximum atomic E-state index is 14.7. The second kappa shape index (κ2) is 8.19. The predicted molar refractivity (Wildman–Crippen MR) is 104 cm³/mol. The van der Waals surface area contributed by atoms with Crippen molar-refractivity contribution in [1.29, 1.82) is 0 Å². The first-order valence-electron chi connectivity index (χ1n) is 8.75. The number of aryl methyl sites for hydroxylation is 1. The molecule has 0 bridgehead atoms. The van der Waals surface area contributed by atoms with Crippen molar-refractivity contribution in [3.8, 4) is 0 Å². The number of nitrogens with one attached hydrogen (secondary N) is 1. The number of halogens is 4. The summed E-state index contributed by atoms with van der Waals surface area (Å²) in [5, 5.41) is 5.89. The maximum absolute atomic E-state index is 14.7. The van der Waals surface area contributed by atoms with E-state index >= 15 is 0 Å². The average Bonchev–Trinajstić information content (AvgIpc) is 2.95. The van der Waals surface area contributed by atoms with E-state index in [2.05, 4.69) is 20.1 Å². The molecular weight excluding hydrogens is 443 g/mol. The summed E-state index contributed by atoms with van der Waals surface area (Å²) in [4.78, 5) is 27.8. The zero-order chi connectivity index (χ0) is 23.0. The van der Waals surface area contributed by atoms with Gasteiger partial charge in [0.25, 0.3) is 5.92 Å². The van der Waals surface area contributed by atoms with Crippen LogP contribution in [-0.2, 0) is 22.1 Å². The van der Waals surface area contributed by atoms with E-state index in [-0.39, 0.29) is 28.8 Å². The van der Waals surface area contributed by atoms with E-state index in [1.807, 2.05) is 0 Å². The fourth-order valence-corrected chi connectivity index (χ4v) is 3.19. The van der Waals surface area contributed by atoms with Gasteiger partial charge in [0.1, 0.15) is 24.9 Å². The van der Waals surface area contributed by atoms with Crippen molar-refractivity contribution in [2.45, 2.75) is 18.4 Å². The molecule has 2 heterocycles. The summed E-state index contributed by atoms with van der Waals surface area (Å²) in [7, 11) is 1.51. The van der Waals surface area contributed by atoms with E-state index in [1.165, 1.54) is 17.9 Å². The summed E-state index contributed by atoms with van der Waals surface area (Å²) in [6, 6.07) is 2.91. The molecule has 1 aliphatic rings. The summed E-state index contributed by atoms with van der Waals surface area (Å²) < 4.78 is 54.6. The Morgan fingerprint density at radius 1 is 1.39 bits per heavy atom. The summed E-state index contributed by atoms with van der Waals surface area (Å²) in [6.07, 6.45) is 0.0691. The number of carbonyl (C=O) groups is 2. The van der Waals surface area contributed by atoms with Gasteiger partial charge in [-0.3, -0.25) is 15.0 Å². The maximum Gasteiger partial charge on any atom is 0.419 e. The third kappa shape index (κ3) is 4.49. The van der Waals surface area contributed by atoms with Crippen molar-refractivity contribution in [2.75, 3.05) is 18.5 Å². The van der Waals surface area contributed by atoms with E-state index in [4.69, 9.17) is 22.1 Å². The Bertz CT molecular complexity index is 1070. The van der Waals surface area contributed by atoms with Crippen LogP contribution in [0, 0.1) is 5.82 Å². The van der Waals surface area contributed by atoms with Gasteiger partial charge in [0.05, 0.1) is 5.02 Å². The van der Waals surface area contributed by atoms with Gasteiger partial charge in [-0.05, 0) is 25.1 Å². The smallest absolute Gasteiger partial charge is 0.385 e. The Morgan fingerprint density at radius 2 is 2.10 bits per heavy atom. The highest BCUT2D eigenvalue weighted by atomic mass is 35.5. The molecule has 13 heteroatoms. The molecule has 1 aromatic heterocycles. The van der Waals surface area contributed by atoms with Crippen LogP contribution < -0.4 is 11.1 Å². The Morgan fingerprint density at radius 3 is 2.74 bits per heavy atom. The first-order chi connectivity index (χ1) is 14.4. The number of hydrogen-bond donors (Lipinski definition) is 2. The molecule has 2 aromatic rings. The minimum atomic E-state index is -3.61. The molecule has 9 nitrogen and oxygen atoms in total. The quantitative estimate of drug-likeness (QED) is 0.538. The topological polar surface area (TPSA) is 121 Å². The van der Waals surface area contributed by atoms with Crippen LogP contribution in [0.15, 0.2) is 29.4 Å². The van der Waals surface area contributed by atoms with Crippen molar-refractivity contribution in [3.63, 3.8) is 0 Å². The second-order valence-corrected chi connectivity index (χ2v) is 7.28. The molecule has 0 radical (unpaired) electrons. The number of esters is 1. The number of benzene rings is 1. The number of rotatable bonds is 3. The Balaban J connectivity index is 1.85. The summed E-state index contributed by atoms with van der Waals surface area (Å²) in [5.74, 6) is -5.99. The van der Waals surface area contributed by atoms with Crippen molar-refractivity contribution < 1.29 is 32.2 Å². The molecule has 3 N–H and O–H groups in total. The lowest BCUT2D eigenvalue weighted by molar-refractivity contribution is -0.116. The van der Waals surface area contributed by atoms with Gasteiger partial charge in [-0.2, -0.15) is 5.10 Å². The standard InChI is InChI=1S/C18H17ClF3N5O4/c1-17(18(21,22)8-30-7-13(23)25-17)10-5-9(3-4-12(10)20)24-16(29)31-15(28)14-11(19)6-27(2)26-14/h3-6H,7-8H2,1-2H3,(H2,23,25)(H,24,29)/t17-/m1/s1. The van der Waals surface area contributed by atoms with Crippen LogP contribution >= 0.6 is 11.6 Å². The number of hydrogen-bond acceptors (Lipinski definition) is 7. The zero-order valence-corrected chi connectivity index (χ0v) is 17.0. The molecule has 0 aliphatic carbocycles. The fraction of sp³-hybridized carbons (Fsp3) is 0.333. The van der Waals surface area contributed by atoms with Crippen molar-refractivity contribution in [2.24, 2.45) is 17.8 Å². The minimum absolute atomic E-state index is 0.0365. The monoisotopic (exact) mass is 459 g/mol. The van der Waals surface area contributed by atoms with Crippen LogP contribution in [0.1, 0.15) is 23.0 Å². The summed E-state index contributed by atoms with van der Waals surface area (Å²) >= 11 is 5.81. The number of aromatic nitrogens is 2. The lowest BCUT2D eigenvalue weighted by atomic mass is 9.85. The first-order valence-corrected chi connectivity index (χ1v) is 9.13. The van der Waals surface area contributed by atoms with Crippen LogP contribution in [0.2, 0.25) is 5.02 Å². The van der Waals surface area contributed by atoms with E-state index in [1.54, 1.807) is 0 Å². The van der Waals surface area contributed by atoms with Crippen molar-refractivity contribution >= 4 is 35.2 Å². The van der Waals surface area contributed by atoms with Gasteiger partial charge in [0.15, 0.2) is 11.2 Å². The molecule has 0 fully saturated rings. The number of anilines is 1. The third-order valence-corrected chi connectivity index (χ3v) is 4.79. The van der Waals surface area contributed by atoms with Gasteiger partial charge in [-0.1, -0.05) is 11.6 Å². The van der Waals surface area contributed by atoms with Crippen LogP contribution in [0.5, 0.6) is 0 Å². The van der Waals surface area contributed by atoms with Gasteiger partial charge in [-0.15, -0.1) is 0 Å². The van der Waals surface area contributed by atoms with Gasteiger partial charge in [0.2, 0.25) is 0 Å². The molecule has 3 rings (SSSR count). The number of nitrogens with two attached hydrogens (primary N) is 1. The molecule has 1 aromatic carbocycles. The number of alkyl halides is 2. The Kier molecular flexibility index (Phi) is 5.96. The number of nitrogens with zero attached hydrogens (tertiary/aromatic N) is 3. The number of ether oxygens (including phenoxy) is 2. The minimum Gasteiger partial charge on any atom is -0.385 e. The Hall–Kier alpha value is -3.12. The second-order valence-electron chi connectivity index (χ2n) is 6.87. The number of amidine groups is 1. The largest absolute Gasteiger partial charge is 0.419 e. The highest BCUT2D eigenvalue weighted by Crippen LogP contribution is 2.44. The first kappa shape index (κ1) is 22.6. The van der Waals surface area contributed by atoms with Crippen LogP contribution in [0.3, 0.4) is 0 Å². The fourth-order valence-electron chi connectivity index (χ4n) is 2.93. The molecule has 0 spiro atoms. The van der Waals surface area contributed by atoms with E-state index < -0.39 is 41.5 Å². The SMILES string of the molecule is Cn1cc(Cl)c(C(=O)OC(=O)Nc2ccc(F)c([C@@]3(C)N=C(N)COCC3(F)F)c2)n1. The molecule has 1 amide bonds. The number of aliphatic imine (C=N–C) groups is 1. The van der Waals surface area contributed by atoms with Crippen LogP contribution in [0.4, 0.5) is 23.7 Å². The number of amides is 1. The molecule has 1 aliphatic heterocycles. The van der Waals surface area contributed by atoms with Crippen LogP contribution in [-0.4, -0.2) is 46.8 Å². The lowest BCUT2D eigenvalue weighted by Gasteiger charge is -2.33. The zero-order valence-electron chi connectivity index (χ0n) is 16.3. The molecule has 0 unspecified atom stereocenters. The molecule has 1 atom stereocenters.